The van der Waals surface area contributed by atoms with Crippen molar-refractivity contribution in [2.24, 2.45) is 0 Å². The molecule has 1 N–H and O–H groups in total. The number of para-hydroxylation sites is 1. The molecular weight excluding hydrogens is 356 g/mol. The van der Waals surface area contributed by atoms with Crippen LogP contribution < -0.4 is 0 Å². The minimum absolute atomic E-state index is 0.551. The topological polar surface area (TPSA) is 63.8 Å². The minimum atomic E-state index is -0.906. The lowest BCUT2D eigenvalue weighted by atomic mass is 10.1. The SMILES string of the molecule is O[C@@H]1c2cc3ccccc3nc2Sc2nc(-c3ccc(Cl)cc3)nn21. The first-order valence-corrected chi connectivity index (χ1v) is 8.86. The Bertz CT molecular complexity index is 1110. The first-order chi connectivity index (χ1) is 12.2. The Morgan fingerprint density at radius 2 is 1.84 bits per heavy atom. The molecule has 1 atom stereocenters. The van der Waals surface area contributed by atoms with Crippen molar-refractivity contribution in [3.05, 3.63) is 65.2 Å². The van der Waals surface area contributed by atoms with E-state index in [1.807, 2.05) is 42.5 Å². The van der Waals surface area contributed by atoms with Crippen molar-refractivity contribution in [2.75, 3.05) is 0 Å². The molecule has 0 radical (unpaired) electrons. The van der Waals surface area contributed by atoms with E-state index in [-0.39, 0.29) is 0 Å². The third kappa shape index (κ3) is 2.41. The van der Waals surface area contributed by atoms with Crippen LogP contribution in [0.2, 0.25) is 5.02 Å². The molecule has 2 aromatic heterocycles. The van der Waals surface area contributed by atoms with Gasteiger partial charge < -0.3 is 5.11 Å². The summed E-state index contributed by atoms with van der Waals surface area (Å²) in [7, 11) is 0. The van der Waals surface area contributed by atoms with Crippen molar-refractivity contribution in [3.8, 4) is 11.4 Å². The molecule has 1 aliphatic rings. The summed E-state index contributed by atoms with van der Waals surface area (Å²) in [5, 5.41) is 18.3. The molecule has 7 heteroatoms. The van der Waals surface area contributed by atoms with Gasteiger partial charge in [-0.15, -0.1) is 5.10 Å². The molecule has 0 saturated heterocycles. The Kier molecular flexibility index (Phi) is 3.31. The van der Waals surface area contributed by atoms with Gasteiger partial charge in [-0.3, -0.25) is 0 Å². The zero-order valence-electron chi connectivity index (χ0n) is 12.8. The van der Waals surface area contributed by atoms with Crippen LogP contribution in [0.15, 0.2) is 64.8 Å². The van der Waals surface area contributed by atoms with Gasteiger partial charge in [0.15, 0.2) is 17.2 Å². The second-order valence-corrected chi connectivity index (χ2v) is 7.11. The van der Waals surface area contributed by atoms with Crippen LogP contribution in [0.3, 0.4) is 0 Å². The zero-order valence-corrected chi connectivity index (χ0v) is 14.4. The van der Waals surface area contributed by atoms with Crippen molar-refractivity contribution in [3.63, 3.8) is 0 Å². The van der Waals surface area contributed by atoms with Gasteiger partial charge in [0, 0.05) is 21.5 Å². The van der Waals surface area contributed by atoms with E-state index in [2.05, 4.69) is 15.1 Å². The summed E-state index contributed by atoms with van der Waals surface area (Å²) in [6, 6.07) is 17.1. The molecule has 122 valence electrons. The molecule has 0 saturated carbocycles. The number of aromatic nitrogens is 4. The Morgan fingerprint density at radius 1 is 1.04 bits per heavy atom. The molecular formula is C18H11ClN4OS. The lowest BCUT2D eigenvalue weighted by Crippen LogP contribution is -2.18. The van der Waals surface area contributed by atoms with Gasteiger partial charge in [0.1, 0.15) is 5.03 Å². The highest BCUT2D eigenvalue weighted by Crippen LogP contribution is 2.40. The summed E-state index contributed by atoms with van der Waals surface area (Å²) in [4.78, 5) is 9.21. The van der Waals surface area contributed by atoms with Gasteiger partial charge in [-0.1, -0.05) is 29.8 Å². The largest absolute Gasteiger partial charge is 0.368 e. The normalized spacial score (nSPS) is 15.8. The average molecular weight is 367 g/mol. The van der Waals surface area contributed by atoms with Crippen LogP contribution in [0.25, 0.3) is 22.3 Å². The number of hydrogen-bond donors (Lipinski definition) is 1. The zero-order chi connectivity index (χ0) is 17.0. The number of hydrogen-bond acceptors (Lipinski definition) is 5. The maximum atomic E-state index is 10.8. The average Bonchev–Trinajstić information content (AvgIpc) is 3.05. The second kappa shape index (κ2) is 5.56. The summed E-state index contributed by atoms with van der Waals surface area (Å²) >= 11 is 7.35. The highest BCUT2D eigenvalue weighted by atomic mass is 35.5. The number of fused-ring (bicyclic) bond motifs is 3. The van der Waals surface area contributed by atoms with Gasteiger partial charge in [-0.25, -0.2) is 14.6 Å². The summed E-state index contributed by atoms with van der Waals surface area (Å²) in [5.74, 6) is 0.551. The van der Waals surface area contributed by atoms with E-state index in [4.69, 9.17) is 11.6 Å². The molecule has 2 aromatic carbocycles. The lowest BCUT2D eigenvalue weighted by Gasteiger charge is -2.21. The van der Waals surface area contributed by atoms with E-state index in [0.29, 0.717) is 16.0 Å². The standard InChI is InChI=1S/C18H11ClN4OS/c19-12-7-5-10(6-8-12)15-21-18-23(22-15)17(24)13-9-11-3-1-2-4-14(11)20-16(13)25-18/h1-9,17,24H/t17-/m1/s1. The number of aliphatic hydroxyl groups excluding tert-OH is 1. The Labute approximate surface area is 152 Å². The Balaban J connectivity index is 1.62. The van der Waals surface area contributed by atoms with Gasteiger partial charge in [0.2, 0.25) is 0 Å². The number of pyridine rings is 1. The molecule has 3 heterocycles. The van der Waals surface area contributed by atoms with Gasteiger partial charge in [0.25, 0.3) is 0 Å². The summed E-state index contributed by atoms with van der Waals surface area (Å²) < 4.78 is 1.54. The number of aliphatic hydroxyl groups is 1. The van der Waals surface area contributed by atoms with Crippen molar-refractivity contribution in [1.82, 2.24) is 19.7 Å². The highest BCUT2D eigenvalue weighted by Gasteiger charge is 2.29. The summed E-state index contributed by atoms with van der Waals surface area (Å²) in [6.07, 6.45) is -0.906. The molecule has 0 fully saturated rings. The van der Waals surface area contributed by atoms with E-state index in [0.717, 1.165) is 27.1 Å². The van der Waals surface area contributed by atoms with Crippen LogP contribution in [-0.2, 0) is 0 Å². The van der Waals surface area contributed by atoms with Crippen molar-refractivity contribution >= 4 is 34.3 Å². The molecule has 1 aliphatic heterocycles. The first kappa shape index (κ1) is 14.9. The van der Waals surface area contributed by atoms with Gasteiger partial charge >= 0.3 is 0 Å². The summed E-state index contributed by atoms with van der Waals surface area (Å²) in [6.45, 7) is 0. The molecule has 0 aliphatic carbocycles. The monoisotopic (exact) mass is 366 g/mol. The fourth-order valence-corrected chi connectivity index (χ4v) is 3.95. The third-order valence-corrected chi connectivity index (χ3v) is 5.35. The maximum Gasteiger partial charge on any atom is 0.195 e. The molecule has 5 rings (SSSR count). The first-order valence-electron chi connectivity index (χ1n) is 7.67. The minimum Gasteiger partial charge on any atom is -0.368 e. The van der Waals surface area contributed by atoms with Crippen molar-refractivity contribution in [2.45, 2.75) is 16.4 Å². The maximum absolute atomic E-state index is 10.8. The van der Waals surface area contributed by atoms with Crippen LogP contribution in [0.1, 0.15) is 11.8 Å². The fraction of sp³-hybridized carbons (Fsp3) is 0.0556. The van der Waals surface area contributed by atoms with Gasteiger partial charge in [0.05, 0.1) is 5.52 Å². The van der Waals surface area contributed by atoms with E-state index >= 15 is 0 Å². The van der Waals surface area contributed by atoms with Gasteiger partial charge in [-0.05, 0) is 48.2 Å². The van der Waals surface area contributed by atoms with Crippen molar-refractivity contribution in [1.29, 1.82) is 0 Å². The number of halogens is 1. The van der Waals surface area contributed by atoms with Crippen LogP contribution in [0.4, 0.5) is 0 Å². The predicted molar refractivity (Wildman–Crippen MR) is 96.7 cm³/mol. The van der Waals surface area contributed by atoms with E-state index in [9.17, 15) is 5.11 Å². The Hall–Kier alpha value is -2.41. The predicted octanol–water partition coefficient (Wildman–Crippen LogP) is 4.15. The lowest BCUT2D eigenvalue weighted by molar-refractivity contribution is 0.116. The van der Waals surface area contributed by atoms with Crippen LogP contribution >= 0.6 is 23.4 Å². The van der Waals surface area contributed by atoms with E-state index < -0.39 is 6.23 Å². The molecule has 0 bridgehead atoms. The molecule has 25 heavy (non-hydrogen) atoms. The molecule has 0 unspecified atom stereocenters. The number of benzene rings is 2. The van der Waals surface area contributed by atoms with Crippen LogP contribution in [-0.4, -0.2) is 24.9 Å². The van der Waals surface area contributed by atoms with E-state index in [1.165, 1.54) is 16.4 Å². The quantitative estimate of drug-likeness (QED) is 0.548. The third-order valence-electron chi connectivity index (χ3n) is 4.12. The molecule has 0 amide bonds. The molecule has 5 nitrogen and oxygen atoms in total. The van der Waals surface area contributed by atoms with Crippen LogP contribution in [0.5, 0.6) is 0 Å². The van der Waals surface area contributed by atoms with E-state index in [1.54, 1.807) is 12.1 Å². The summed E-state index contributed by atoms with van der Waals surface area (Å²) in [5.41, 5.74) is 2.48. The number of nitrogens with zero attached hydrogens (tertiary/aromatic N) is 4. The smallest absolute Gasteiger partial charge is 0.195 e. The van der Waals surface area contributed by atoms with Gasteiger partial charge in [-0.2, -0.15) is 0 Å². The fourth-order valence-electron chi connectivity index (χ4n) is 2.86. The Morgan fingerprint density at radius 3 is 2.68 bits per heavy atom. The second-order valence-electron chi connectivity index (χ2n) is 5.72. The van der Waals surface area contributed by atoms with Crippen molar-refractivity contribution < 1.29 is 5.11 Å². The van der Waals surface area contributed by atoms with Crippen LogP contribution in [0, 0.1) is 0 Å². The molecule has 4 aromatic rings. The number of rotatable bonds is 1. The molecule has 0 spiro atoms. The highest BCUT2D eigenvalue weighted by molar-refractivity contribution is 7.99.